The van der Waals surface area contributed by atoms with Crippen molar-refractivity contribution < 1.29 is 37.4 Å². The minimum Gasteiger partial charge on any atom is -0.464 e. The molecule has 0 amide bonds. The Morgan fingerprint density at radius 1 is 1.25 bits per heavy atom. The number of imidazole rings is 1. The molecule has 5 rings (SSSR count). The van der Waals surface area contributed by atoms with Crippen molar-refractivity contribution in [2.75, 3.05) is 43.8 Å². The van der Waals surface area contributed by atoms with Crippen LogP contribution in [0.2, 0.25) is 0 Å². The Morgan fingerprint density at radius 2 is 1.96 bits per heavy atom. The SMILES string of the molecule is C[C@H](NP(=O)(OC[C@@]1(CCl)O[C@@H](n2cnc3c(N(C)C)nc(N)nc32)[C@H](F)[C@@H]1O)Oc1cccc2ccccc12)C(=O)OCC(C)(C)C. The zero-order valence-electron chi connectivity index (χ0n) is 27.5. The highest BCUT2D eigenvalue weighted by Gasteiger charge is 2.57. The molecule has 2 aromatic carbocycles. The Morgan fingerprint density at radius 3 is 2.65 bits per heavy atom. The lowest BCUT2D eigenvalue weighted by atomic mass is 9.99. The number of nitrogen functional groups attached to an aromatic ring is 1. The van der Waals surface area contributed by atoms with Crippen molar-refractivity contribution in [2.24, 2.45) is 5.41 Å². The number of carbonyl (C=O) groups excluding carboxylic acids is 1. The van der Waals surface area contributed by atoms with E-state index in [2.05, 4.69) is 20.0 Å². The van der Waals surface area contributed by atoms with Gasteiger partial charge in [0.1, 0.15) is 23.5 Å². The van der Waals surface area contributed by atoms with Crippen molar-refractivity contribution in [3.05, 3.63) is 48.8 Å². The largest absolute Gasteiger partial charge is 0.464 e. The number of carbonyl (C=O) groups is 1. The molecule has 14 nitrogen and oxygen atoms in total. The highest BCUT2D eigenvalue weighted by atomic mass is 35.5. The van der Waals surface area contributed by atoms with E-state index in [4.69, 9.17) is 35.9 Å². The molecule has 0 bridgehead atoms. The third kappa shape index (κ3) is 7.36. The van der Waals surface area contributed by atoms with E-state index in [-0.39, 0.29) is 29.4 Å². The molecule has 1 saturated heterocycles. The van der Waals surface area contributed by atoms with Gasteiger partial charge in [0.25, 0.3) is 0 Å². The number of anilines is 2. The van der Waals surface area contributed by atoms with Crippen LogP contribution in [-0.4, -0.2) is 87.7 Å². The molecule has 0 radical (unpaired) electrons. The summed E-state index contributed by atoms with van der Waals surface area (Å²) in [6.07, 6.45) is -4.09. The van der Waals surface area contributed by atoms with Crippen LogP contribution in [0.4, 0.5) is 16.2 Å². The zero-order valence-corrected chi connectivity index (χ0v) is 29.1. The molecule has 6 atom stereocenters. The van der Waals surface area contributed by atoms with Gasteiger partial charge in [0, 0.05) is 19.5 Å². The number of ether oxygens (including phenoxy) is 2. The average Bonchev–Trinajstić information content (AvgIpc) is 3.56. The fraction of sp³-hybridized carbons (Fsp3) is 0.484. The van der Waals surface area contributed by atoms with Gasteiger partial charge in [-0.3, -0.25) is 13.9 Å². The molecule has 2 aromatic heterocycles. The first-order valence-electron chi connectivity index (χ1n) is 15.2. The molecule has 1 fully saturated rings. The minimum atomic E-state index is -4.50. The van der Waals surface area contributed by atoms with E-state index in [9.17, 15) is 14.5 Å². The number of halogens is 2. The van der Waals surface area contributed by atoms with Gasteiger partial charge >= 0.3 is 13.7 Å². The first kappa shape index (κ1) is 35.7. The van der Waals surface area contributed by atoms with Gasteiger partial charge in [-0.15, -0.1) is 11.6 Å². The maximum absolute atomic E-state index is 16.0. The summed E-state index contributed by atoms with van der Waals surface area (Å²) in [5.74, 6) is -0.679. The normalized spacial score (nSPS) is 23.2. The van der Waals surface area contributed by atoms with Crippen LogP contribution in [0.3, 0.4) is 0 Å². The Kier molecular flexibility index (Phi) is 10.2. The number of benzene rings is 2. The van der Waals surface area contributed by atoms with Crippen LogP contribution in [-0.2, 0) is 23.4 Å². The number of nitrogens with one attached hydrogen (secondary N) is 1. The molecule has 1 aliphatic rings. The number of alkyl halides is 2. The monoisotopic (exact) mass is 707 g/mol. The highest BCUT2D eigenvalue weighted by Crippen LogP contribution is 2.50. The van der Waals surface area contributed by atoms with Crippen molar-refractivity contribution in [1.82, 2.24) is 24.6 Å². The summed E-state index contributed by atoms with van der Waals surface area (Å²) in [6.45, 7) is 6.54. The smallest absolute Gasteiger partial charge is 0.459 e. The summed E-state index contributed by atoms with van der Waals surface area (Å²) in [5.41, 5.74) is 4.16. The molecule has 4 aromatic rings. The van der Waals surface area contributed by atoms with Gasteiger partial charge in [-0.25, -0.2) is 13.9 Å². The van der Waals surface area contributed by atoms with Gasteiger partial charge in [0.05, 0.1) is 25.4 Å². The van der Waals surface area contributed by atoms with Gasteiger partial charge in [0.15, 0.2) is 29.4 Å². The molecule has 0 aliphatic carbocycles. The van der Waals surface area contributed by atoms with Gasteiger partial charge in [-0.1, -0.05) is 57.2 Å². The van der Waals surface area contributed by atoms with Crippen molar-refractivity contribution in [3.63, 3.8) is 0 Å². The summed E-state index contributed by atoms with van der Waals surface area (Å²) in [5, 5.41) is 15.2. The lowest BCUT2D eigenvalue weighted by Gasteiger charge is -2.32. The molecule has 3 heterocycles. The van der Waals surface area contributed by atoms with Crippen LogP contribution in [0.5, 0.6) is 5.75 Å². The van der Waals surface area contributed by atoms with Crippen molar-refractivity contribution >= 4 is 59.0 Å². The summed E-state index contributed by atoms with van der Waals surface area (Å²) < 4.78 is 55.1. The van der Waals surface area contributed by atoms with Crippen LogP contribution in [0.25, 0.3) is 21.9 Å². The lowest BCUT2D eigenvalue weighted by molar-refractivity contribution is -0.148. The average molecular weight is 708 g/mol. The van der Waals surface area contributed by atoms with Gasteiger partial charge in [-0.2, -0.15) is 15.1 Å². The Labute approximate surface area is 282 Å². The third-order valence-corrected chi connectivity index (χ3v) is 9.67. The first-order valence-corrected chi connectivity index (χ1v) is 17.2. The second kappa shape index (κ2) is 13.7. The Balaban J connectivity index is 1.44. The number of hydrogen-bond acceptors (Lipinski definition) is 12. The number of rotatable bonds is 12. The molecule has 260 valence electrons. The van der Waals surface area contributed by atoms with Gasteiger partial charge in [-0.05, 0) is 23.8 Å². The molecule has 48 heavy (non-hydrogen) atoms. The topological polar surface area (TPSA) is 176 Å². The molecular weight excluding hydrogens is 668 g/mol. The molecule has 4 N–H and O–H groups in total. The van der Waals surface area contributed by atoms with E-state index in [1.54, 1.807) is 43.3 Å². The molecular formula is C31H40ClFN7O7P. The molecule has 0 spiro atoms. The number of nitrogens with zero attached hydrogens (tertiary/aromatic N) is 5. The lowest BCUT2D eigenvalue weighted by Crippen LogP contribution is -2.48. The molecule has 0 saturated carbocycles. The van der Waals surface area contributed by atoms with Gasteiger partial charge in [0.2, 0.25) is 5.95 Å². The quantitative estimate of drug-likeness (QED) is 0.106. The summed E-state index contributed by atoms with van der Waals surface area (Å²) >= 11 is 6.34. The van der Waals surface area contributed by atoms with Crippen LogP contribution in [0.15, 0.2) is 48.8 Å². The number of esters is 1. The van der Waals surface area contributed by atoms with Crippen LogP contribution < -0.4 is 20.2 Å². The summed E-state index contributed by atoms with van der Waals surface area (Å²) in [4.78, 5) is 27.3. The van der Waals surface area contributed by atoms with Crippen molar-refractivity contribution in [2.45, 2.75) is 57.8 Å². The van der Waals surface area contributed by atoms with E-state index in [0.29, 0.717) is 16.7 Å². The van der Waals surface area contributed by atoms with E-state index < -0.39 is 56.3 Å². The predicted octanol–water partition coefficient (Wildman–Crippen LogP) is 4.60. The second-order valence-electron chi connectivity index (χ2n) is 13.1. The van der Waals surface area contributed by atoms with Crippen molar-refractivity contribution in [3.8, 4) is 5.75 Å². The van der Waals surface area contributed by atoms with E-state index in [0.717, 1.165) is 5.39 Å². The second-order valence-corrected chi connectivity index (χ2v) is 15.0. The van der Waals surface area contributed by atoms with Crippen molar-refractivity contribution in [1.29, 1.82) is 0 Å². The maximum Gasteiger partial charge on any atom is 0.459 e. The van der Waals surface area contributed by atoms with Crippen LogP contribution >= 0.6 is 19.3 Å². The third-order valence-electron chi connectivity index (χ3n) is 7.61. The Hall–Kier alpha value is -3.59. The number of nitrogens with two attached hydrogens (primary N) is 1. The fourth-order valence-corrected chi connectivity index (χ4v) is 6.97. The molecule has 1 unspecified atom stereocenters. The standard InChI is InChI=1S/C31H40ClFN7O7P/c1-18(28(42)44-15-30(2,3)4)38-48(43,47-21-13-9-11-19-10-7-8-12-20(19)21)45-16-31(14-32)24(41)22(33)27(46-31)40-17-35-23-25(39(5)6)36-29(34)37-26(23)40/h7-13,17-18,22,24,27,41H,14-16H2,1-6H3,(H,38,43)(H2,34,36,37)/t18-,22+,24-,27+,31+,48?/m0/s1. The van der Waals surface area contributed by atoms with E-state index in [1.165, 1.54) is 17.8 Å². The predicted molar refractivity (Wildman–Crippen MR) is 180 cm³/mol. The maximum atomic E-state index is 16.0. The zero-order chi connectivity index (χ0) is 35.0. The van der Waals surface area contributed by atoms with E-state index in [1.807, 2.05) is 39.0 Å². The Bertz CT molecular complexity index is 1830. The van der Waals surface area contributed by atoms with Crippen LogP contribution in [0, 0.1) is 5.41 Å². The number of aromatic nitrogens is 4. The number of aliphatic hydroxyl groups is 1. The number of aliphatic hydroxyl groups excluding tert-OH is 1. The minimum absolute atomic E-state index is 0.0819. The van der Waals surface area contributed by atoms with Crippen LogP contribution in [0.1, 0.15) is 33.9 Å². The highest BCUT2D eigenvalue weighted by molar-refractivity contribution is 7.52. The van der Waals surface area contributed by atoms with E-state index >= 15 is 4.39 Å². The number of fused-ring (bicyclic) bond motifs is 2. The fourth-order valence-electron chi connectivity index (χ4n) is 5.11. The first-order chi connectivity index (χ1) is 22.6. The summed E-state index contributed by atoms with van der Waals surface area (Å²) in [7, 11) is -1.03. The van der Waals surface area contributed by atoms with Gasteiger partial charge < -0.3 is 29.7 Å². The molecule has 17 heteroatoms. The number of hydrogen-bond donors (Lipinski definition) is 3. The molecule has 1 aliphatic heterocycles. The summed E-state index contributed by atoms with van der Waals surface area (Å²) in [6, 6.07) is 11.2.